The van der Waals surface area contributed by atoms with Crippen LogP contribution in [0.15, 0.2) is 0 Å². The molecule has 72 heavy (non-hydrogen) atoms. The van der Waals surface area contributed by atoms with Crippen LogP contribution in [0, 0.1) is 0 Å². The van der Waals surface area contributed by atoms with Crippen LogP contribution < -0.4 is 5.32 Å². The van der Waals surface area contributed by atoms with Gasteiger partial charge in [-0.25, -0.2) is 0 Å². The molecule has 0 bridgehead atoms. The third kappa shape index (κ3) is 58.1. The summed E-state index contributed by atoms with van der Waals surface area (Å²) in [4.78, 5) is 24.6. The molecule has 2 atom stereocenters. The summed E-state index contributed by atoms with van der Waals surface area (Å²) in [5, 5.41) is 23.4. The van der Waals surface area contributed by atoms with E-state index in [0.29, 0.717) is 25.9 Å². The monoisotopic (exact) mass is 1020 g/mol. The van der Waals surface area contributed by atoms with Crippen molar-refractivity contribution in [2.24, 2.45) is 0 Å². The number of aliphatic hydroxyl groups is 2. The van der Waals surface area contributed by atoms with Gasteiger partial charge in [0, 0.05) is 12.8 Å². The molecule has 0 aliphatic rings. The fraction of sp³-hybridized carbons (Fsp3) is 0.970. The van der Waals surface area contributed by atoms with Gasteiger partial charge < -0.3 is 20.3 Å². The number of aliphatic hydroxyl groups excluding tert-OH is 2. The molecule has 1 amide bonds. The molecule has 0 aromatic heterocycles. The van der Waals surface area contributed by atoms with Crippen LogP contribution in [-0.4, -0.2) is 47.4 Å². The van der Waals surface area contributed by atoms with Crippen molar-refractivity contribution >= 4 is 11.9 Å². The topological polar surface area (TPSA) is 95.9 Å². The van der Waals surface area contributed by atoms with Crippen LogP contribution >= 0.6 is 0 Å². The summed E-state index contributed by atoms with van der Waals surface area (Å²) in [6, 6.07) is -0.546. The van der Waals surface area contributed by atoms with E-state index in [9.17, 15) is 19.8 Å². The second-order valence-electron chi connectivity index (χ2n) is 23.2. The zero-order valence-corrected chi connectivity index (χ0v) is 49.2. The molecule has 2 unspecified atom stereocenters. The minimum Gasteiger partial charge on any atom is -0.466 e. The Morgan fingerprint density at radius 1 is 0.333 bits per heavy atom. The van der Waals surface area contributed by atoms with Crippen LogP contribution in [0.3, 0.4) is 0 Å². The van der Waals surface area contributed by atoms with Crippen LogP contribution in [-0.2, 0) is 14.3 Å². The van der Waals surface area contributed by atoms with Gasteiger partial charge in [0.05, 0.1) is 25.4 Å². The largest absolute Gasteiger partial charge is 0.466 e. The number of esters is 1. The van der Waals surface area contributed by atoms with Crippen molar-refractivity contribution in [1.29, 1.82) is 0 Å². The molecule has 0 saturated carbocycles. The molecule has 0 aliphatic carbocycles. The smallest absolute Gasteiger partial charge is 0.305 e. The Balaban J connectivity index is 3.38. The first-order valence-electron chi connectivity index (χ1n) is 33.3. The minimum absolute atomic E-state index is 0.00962. The zero-order valence-electron chi connectivity index (χ0n) is 49.2. The van der Waals surface area contributed by atoms with Crippen molar-refractivity contribution in [2.75, 3.05) is 13.2 Å². The summed E-state index contributed by atoms with van der Waals surface area (Å²) in [6.45, 7) is 4.99. The fourth-order valence-electron chi connectivity index (χ4n) is 10.8. The fourth-order valence-corrected chi connectivity index (χ4v) is 10.8. The number of carbonyl (C=O) groups excluding carboxylic acids is 2. The van der Waals surface area contributed by atoms with Gasteiger partial charge in [-0.3, -0.25) is 9.59 Å². The lowest BCUT2D eigenvalue weighted by molar-refractivity contribution is -0.143. The van der Waals surface area contributed by atoms with Crippen molar-refractivity contribution in [2.45, 2.75) is 398 Å². The average molecular weight is 1020 g/mol. The predicted molar refractivity (Wildman–Crippen MR) is 315 cm³/mol. The number of amides is 1. The summed E-state index contributed by atoms with van der Waals surface area (Å²) < 4.78 is 5.50. The Bertz CT molecular complexity index is 1040. The van der Waals surface area contributed by atoms with E-state index in [4.69, 9.17) is 4.74 Å². The van der Waals surface area contributed by atoms with Crippen molar-refractivity contribution in [3.8, 4) is 0 Å². The molecule has 3 N–H and O–H groups in total. The number of hydrogen-bond acceptors (Lipinski definition) is 5. The van der Waals surface area contributed by atoms with Crippen LogP contribution in [0.25, 0.3) is 0 Å². The molecule has 0 radical (unpaired) electrons. The van der Waals surface area contributed by atoms with E-state index < -0.39 is 12.1 Å². The maximum Gasteiger partial charge on any atom is 0.305 e. The highest BCUT2D eigenvalue weighted by molar-refractivity contribution is 5.76. The van der Waals surface area contributed by atoms with Gasteiger partial charge in [0.1, 0.15) is 0 Å². The Labute approximate surface area is 451 Å². The van der Waals surface area contributed by atoms with E-state index in [2.05, 4.69) is 19.2 Å². The number of ether oxygens (including phenoxy) is 1. The first-order chi connectivity index (χ1) is 35.5. The first kappa shape index (κ1) is 70.9. The third-order valence-corrected chi connectivity index (χ3v) is 15.9. The SMILES string of the molecule is CCCCCCCCCCCCCCCCCCCCCCC(O)C(CO)NC(=O)CCCCCCCCCCCCCCCCCCOC(=O)CCCCCCCCCCCCCCCCCCCCC. The summed E-state index contributed by atoms with van der Waals surface area (Å²) >= 11 is 0. The highest BCUT2D eigenvalue weighted by Crippen LogP contribution is 2.19. The molecule has 0 rings (SSSR count). The minimum atomic E-state index is -0.669. The summed E-state index contributed by atoms with van der Waals surface area (Å²) in [7, 11) is 0. The van der Waals surface area contributed by atoms with Crippen LogP contribution in [0.4, 0.5) is 0 Å². The molecule has 6 heteroatoms. The summed E-state index contributed by atoms with van der Waals surface area (Å²) in [6.07, 6.45) is 74.1. The Morgan fingerprint density at radius 3 is 0.847 bits per heavy atom. The standard InChI is InChI=1S/C66H131NO5/c1-3-5-7-9-11-13-15-17-19-21-23-25-26-30-34-38-42-46-50-54-58-64(69)63(62-68)67-65(70)59-55-51-47-43-39-35-31-28-29-33-37-41-45-49-53-57-61-72-66(71)60-56-52-48-44-40-36-32-27-24-22-20-18-16-14-12-10-8-6-4-2/h63-64,68-69H,3-62H2,1-2H3,(H,67,70). The van der Waals surface area contributed by atoms with E-state index >= 15 is 0 Å². The van der Waals surface area contributed by atoms with Gasteiger partial charge in [-0.05, 0) is 25.7 Å². The molecule has 0 fully saturated rings. The summed E-state index contributed by atoms with van der Waals surface area (Å²) in [5.41, 5.74) is 0. The Kier molecular flexibility index (Phi) is 61.4. The Morgan fingerprint density at radius 2 is 0.569 bits per heavy atom. The van der Waals surface area contributed by atoms with Crippen molar-refractivity contribution in [3.05, 3.63) is 0 Å². The van der Waals surface area contributed by atoms with Crippen LogP contribution in [0.5, 0.6) is 0 Å². The molecule has 0 heterocycles. The normalized spacial score (nSPS) is 12.4. The predicted octanol–water partition coefficient (Wildman–Crippen LogP) is 21.0. The van der Waals surface area contributed by atoms with E-state index in [1.165, 1.54) is 315 Å². The number of hydrogen-bond donors (Lipinski definition) is 3. The van der Waals surface area contributed by atoms with Crippen molar-refractivity contribution < 1.29 is 24.5 Å². The molecular weight excluding hydrogens is 887 g/mol. The molecule has 0 aromatic carbocycles. The lowest BCUT2D eigenvalue weighted by Gasteiger charge is -2.22. The van der Waals surface area contributed by atoms with Crippen LogP contribution in [0.2, 0.25) is 0 Å². The zero-order chi connectivity index (χ0) is 52.2. The first-order valence-corrected chi connectivity index (χ1v) is 33.3. The molecule has 0 spiro atoms. The van der Waals surface area contributed by atoms with E-state index in [-0.39, 0.29) is 18.5 Å². The maximum atomic E-state index is 12.5. The number of nitrogens with one attached hydrogen (secondary N) is 1. The van der Waals surface area contributed by atoms with Gasteiger partial charge in [-0.1, -0.05) is 348 Å². The number of rotatable bonds is 63. The Hall–Kier alpha value is -1.14. The quantitative estimate of drug-likeness (QED) is 0.0417. The summed E-state index contributed by atoms with van der Waals surface area (Å²) in [5.74, 6) is -0.0270. The van der Waals surface area contributed by atoms with Gasteiger partial charge in [0.15, 0.2) is 0 Å². The molecule has 0 saturated heterocycles. The second-order valence-corrected chi connectivity index (χ2v) is 23.2. The van der Waals surface area contributed by atoms with Crippen LogP contribution in [0.1, 0.15) is 386 Å². The van der Waals surface area contributed by atoms with Gasteiger partial charge in [-0.2, -0.15) is 0 Å². The maximum absolute atomic E-state index is 12.5. The molecule has 0 aliphatic heterocycles. The molecule has 430 valence electrons. The molecular formula is C66H131NO5. The van der Waals surface area contributed by atoms with E-state index in [0.717, 1.165) is 38.5 Å². The number of unbranched alkanes of at least 4 members (excludes halogenated alkanes) is 52. The lowest BCUT2D eigenvalue weighted by atomic mass is 10.0. The van der Waals surface area contributed by atoms with Crippen molar-refractivity contribution in [3.63, 3.8) is 0 Å². The molecule has 0 aromatic rings. The van der Waals surface area contributed by atoms with Crippen molar-refractivity contribution in [1.82, 2.24) is 5.32 Å². The van der Waals surface area contributed by atoms with E-state index in [1.807, 2.05) is 0 Å². The van der Waals surface area contributed by atoms with Gasteiger partial charge in [0.2, 0.25) is 5.91 Å². The van der Waals surface area contributed by atoms with Gasteiger partial charge >= 0.3 is 5.97 Å². The average Bonchev–Trinajstić information content (AvgIpc) is 3.38. The third-order valence-electron chi connectivity index (χ3n) is 15.9. The van der Waals surface area contributed by atoms with E-state index in [1.54, 1.807) is 0 Å². The lowest BCUT2D eigenvalue weighted by Crippen LogP contribution is -2.45. The highest BCUT2D eigenvalue weighted by atomic mass is 16.5. The number of carbonyl (C=O) groups is 2. The highest BCUT2D eigenvalue weighted by Gasteiger charge is 2.20. The molecule has 6 nitrogen and oxygen atoms in total. The second kappa shape index (κ2) is 62.4. The van der Waals surface area contributed by atoms with Gasteiger partial charge in [0.25, 0.3) is 0 Å². The van der Waals surface area contributed by atoms with Gasteiger partial charge in [-0.15, -0.1) is 0 Å².